The fourth-order valence-corrected chi connectivity index (χ4v) is 5.60. The first-order chi connectivity index (χ1) is 15.7. The van der Waals surface area contributed by atoms with Crippen molar-refractivity contribution in [3.63, 3.8) is 0 Å². The van der Waals surface area contributed by atoms with Gasteiger partial charge in [0.05, 0.1) is 10.2 Å². The second kappa shape index (κ2) is 8.50. The van der Waals surface area contributed by atoms with Crippen molar-refractivity contribution in [1.82, 2.24) is 4.98 Å². The van der Waals surface area contributed by atoms with Crippen molar-refractivity contribution in [2.75, 3.05) is 0 Å². The average Bonchev–Trinajstić information content (AvgIpc) is 3.21. The van der Waals surface area contributed by atoms with Crippen molar-refractivity contribution in [1.29, 1.82) is 0 Å². The molecule has 0 saturated carbocycles. The third-order valence-corrected chi connectivity index (χ3v) is 7.68. The molecule has 1 aliphatic rings. The maximum absolute atomic E-state index is 14.7. The van der Waals surface area contributed by atoms with Gasteiger partial charge in [0, 0.05) is 16.1 Å². The molecule has 0 amide bonds. The lowest BCUT2D eigenvalue weighted by Gasteiger charge is -2.21. The van der Waals surface area contributed by atoms with Gasteiger partial charge in [-0.05, 0) is 53.6 Å². The number of nitrogens with zero attached hydrogens (tertiary/aromatic N) is 1. The fraction of sp³-hybridized carbons (Fsp3) is 0.208. The van der Waals surface area contributed by atoms with Crippen LogP contribution in [0.25, 0.3) is 21.3 Å². The van der Waals surface area contributed by atoms with Gasteiger partial charge in [-0.3, -0.25) is 0 Å². The summed E-state index contributed by atoms with van der Waals surface area (Å²) in [6, 6.07) is 12.3. The normalized spacial score (nSPS) is 16.1. The molecule has 9 heteroatoms. The highest BCUT2D eigenvalue weighted by Gasteiger charge is 2.39. The van der Waals surface area contributed by atoms with E-state index < -0.39 is 34.3 Å². The van der Waals surface area contributed by atoms with E-state index in [1.54, 1.807) is 12.1 Å². The maximum atomic E-state index is 14.7. The molecule has 5 rings (SSSR count). The lowest BCUT2D eigenvalue weighted by Crippen LogP contribution is -2.21. The molecule has 1 aliphatic carbocycles. The zero-order chi connectivity index (χ0) is 23.3. The number of aryl methyl sites for hydroxylation is 1. The van der Waals surface area contributed by atoms with Crippen LogP contribution in [0.5, 0.6) is 5.75 Å². The standard InChI is InChI=1S/C24H15F5INOS/c25-18-10-17(11-19(26)22(18)27)32-24(28,29)23-31-20-6-4-15(9-21(20)33-23)12-1-2-14-8-16(30)5-3-13(14)7-12/h1-2,4,6-7,9-11,16H,3,5,8H2. The second-order valence-electron chi connectivity index (χ2n) is 7.84. The monoisotopic (exact) mass is 587 g/mol. The first-order valence-electron chi connectivity index (χ1n) is 10.1. The number of hydrogen-bond donors (Lipinski definition) is 0. The minimum absolute atomic E-state index is 0.351. The Morgan fingerprint density at radius 2 is 1.64 bits per heavy atom. The number of thiazole rings is 1. The number of aromatic nitrogens is 1. The van der Waals surface area contributed by atoms with E-state index in [1.165, 1.54) is 11.1 Å². The van der Waals surface area contributed by atoms with E-state index in [4.69, 9.17) is 0 Å². The minimum Gasteiger partial charge on any atom is -0.427 e. The molecule has 0 saturated heterocycles. The van der Waals surface area contributed by atoms with Gasteiger partial charge < -0.3 is 4.74 Å². The van der Waals surface area contributed by atoms with Crippen molar-refractivity contribution < 1.29 is 26.7 Å². The van der Waals surface area contributed by atoms with Crippen LogP contribution in [0.2, 0.25) is 0 Å². The molecule has 33 heavy (non-hydrogen) atoms. The molecule has 1 aromatic heterocycles. The second-order valence-corrected chi connectivity index (χ2v) is 10.6. The van der Waals surface area contributed by atoms with E-state index in [0.717, 1.165) is 41.7 Å². The minimum atomic E-state index is -3.96. The average molecular weight is 587 g/mol. The first-order valence-corrected chi connectivity index (χ1v) is 12.1. The van der Waals surface area contributed by atoms with E-state index in [0.29, 0.717) is 26.3 Å². The smallest absolute Gasteiger partial charge is 0.427 e. The summed E-state index contributed by atoms with van der Waals surface area (Å²) in [6.07, 6.45) is -0.768. The van der Waals surface area contributed by atoms with Crippen LogP contribution in [0, 0.1) is 17.5 Å². The van der Waals surface area contributed by atoms with Gasteiger partial charge in [-0.15, -0.1) is 11.3 Å². The van der Waals surface area contributed by atoms with Crippen LogP contribution in [0.1, 0.15) is 22.6 Å². The van der Waals surface area contributed by atoms with Crippen LogP contribution in [0.3, 0.4) is 0 Å². The van der Waals surface area contributed by atoms with Crippen molar-refractivity contribution >= 4 is 44.1 Å². The molecule has 0 fully saturated rings. The van der Waals surface area contributed by atoms with Crippen molar-refractivity contribution in [2.45, 2.75) is 29.3 Å². The van der Waals surface area contributed by atoms with E-state index in [-0.39, 0.29) is 0 Å². The Bertz CT molecular complexity index is 1350. The van der Waals surface area contributed by atoms with Gasteiger partial charge in [0.25, 0.3) is 0 Å². The van der Waals surface area contributed by atoms with Gasteiger partial charge in [-0.25, -0.2) is 18.2 Å². The summed E-state index contributed by atoms with van der Waals surface area (Å²) in [7, 11) is 0. The molecule has 1 atom stereocenters. The highest BCUT2D eigenvalue weighted by Crippen LogP contribution is 2.39. The topological polar surface area (TPSA) is 22.1 Å². The predicted molar refractivity (Wildman–Crippen MR) is 126 cm³/mol. The summed E-state index contributed by atoms with van der Waals surface area (Å²) in [5.41, 5.74) is 4.88. The van der Waals surface area contributed by atoms with E-state index >= 15 is 0 Å². The SMILES string of the molecule is Fc1cc(OC(F)(F)c2nc3ccc(-c4ccc5c(c4)CCC(I)C5)cc3s2)cc(F)c1F. The van der Waals surface area contributed by atoms with Crippen LogP contribution >= 0.6 is 33.9 Å². The van der Waals surface area contributed by atoms with E-state index in [2.05, 4.69) is 44.4 Å². The zero-order valence-corrected chi connectivity index (χ0v) is 19.8. The van der Waals surface area contributed by atoms with Crippen LogP contribution in [0.4, 0.5) is 22.0 Å². The molecule has 3 aromatic carbocycles. The molecule has 1 heterocycles. The molecule has 1 unspecified atom stereocenters. The van der Waals surface area contributed by atoms with Gasteiger partial charge in [0.15, 0.2) is 17.5 Å². The van der Waals surface area contributed by atoms with Crippen molar-refractivity contribution in [3.8, 4) is 16.9 Å². The van der Waals surface area contributed by atoms with Crippen LogP contribution in [-0.2, 0) is 19.0 Å². The molecule has 0 spiro atoms. The molecule has 0 aliphatic heterocycles. The maximum Gasteiger partial charge on any atom is 0.454 e. The highest BCUT2D eigenvalue weighted by atomic mass is 127. The van der Waals surface area contributed by atoms with Gasteiger partial charge in [-0.1, -0.05) is 46.9 Å². The number of ether oxygens (including phenoxy) is 1. The van der Waals surface area contributed by atoms with Crippen LogP contribution < -0.4 is 4.74 Å². The Hall–Kier alpha value is -2.27. The number of alkyl halides is 3. The summed E-state index contributed by atoms with van der Waals surface area (Å²) in [5.74, 6) is -5.82. The molecule has 0 N–H and O–H groups in total. The van der Waals surface area contributed by atoms with Crippen LogP contribution in [-0.4, -0.2) is 8.91 Å². The lowest BCUT2D eigenvalue weighted by molar-refractivity contribution is -0.185. The van der Waals surface area contributed by atoms with Gasteiger partial charge in [0.2, 0.25) is 5.01 Å². The third-order valence-electron chi connectivity index (χ3n) is 5.55. The Balaban J connectivity index is 1.44. The van der Waals surface area contributed by atoms with E-state index in [1.807, 2.05) is 12.1 Å². The highest BCUT2D eigenvalue weighted by molar-refractivity contribution is 14.1. The fourth-order valence-electron chi connectivity index (χ4n) is 3.90. The number of benzene rings is 3. The van der Waals surface area contributed by atoms with Gasteiger partial charge in [-0.2, -0.15) is 8.78 Å². The number of hydrogen-bond acceptors (Lipinski definition) is 3. The summed E-state index contributed by atoms with van der Waals surface area (Å²) in [5, 5.41) is -0.668. The van der Waals surface area contributed by atoms with Crippen molar-refractivity contribution in [2.24, 2.45) is 0 Å². The number of halogens is 6. The Labute approximate surface area is 203 Å². The van der Waals surface area contributed by atoms with E-state index in [9.17, 15) is 22.0 Å². The Kier molecular flexibility index (Phi) is 5.80. The molecule has 2 nitrogen and oxygen atoms in total. The summed E-state index contributed by atoms with van der Waals surface area (Å²) >= 11 is 3.20. The van der Waals surface area contributed by atoms with Crippen LogP contribution in [0.15, 0.2) is 48.5 Å². The zero-order valence-electron chi connectivity index (χ0n) is 16.8. The Morgan fingerprint density at radius 1 is 0.939 bits per heavy atom. The lowest BCUT2D eigenvalue weighted by atomic mass is 9.89. The molecule has 0 bridgehead atoms. The summed E-state index contributed by atoms with van der Waals surface area (Å²) in [4.78, 5) is 3.94. The third kappa shape index (κ3) is 4.44. The quantitative estimate of drug-likeness (QED) is 0.105. The summed E-state index contributed by atoms with van der Waals surface area (Å²) < 4.78 is 74.8. The van der Waals surface area contributed by atoms with Gasteiger partial charge >= 0.3 is 6.11 Å². The Morgan fingerprint density at radius 3 is 2.39 bits per heavy atom. The number of rotatable bonds is 4. The predicted octanol–water partition coefficient (Wildman–Crippen LogP) is 7.80. The molecule has 170 valence electrons. The molecule has 4 aromatic rings. The number of fused-ring (bicyclic) bond motifs is 2. The van der Waals surface area contributed by atoms with Crippen molar-refractivity contribution in [3.05, 3.63) is 82.1 Å². The first kappa shape index (κ1) is 22.5. The molecular weight excluding hydrogens is 572 g/mol. The summed E-state index contributed by atoms with van der Waals surface area (Å²) in [6.45, 7) is 0. The van der Waals surface area contributed by atoms with Gasteiger partial charge in [0.1, 0.15) is 5.75 Å². The largest absolute Gasteiger partial charge is 0.454 e. The molecule has 0 radical (unpaired) electrons. The molecular formula is C24H15F5INOS.